The van der Waals surface area contributed by atoms with Crippen LogP contribution >= 0.6 is 0 Å². The van der Waals surface area contributed by atoms with E-state index < -0.39 is 15.5 Å². The van der Waals surface area contributed by atoms with Crippen LogP contribution in [-0.4, -0.2) is 82.8 Å². The molecule has 0 rings (SSSR count). The molecular weight excluding hydrogens is 185 g/mol. The van der Waals surface area contributed by atoms with E-state index in [0.29, 0.717) is 0 Å². The molecule has 0 fully saturated rings. The van der Waals surface area contributed by atoms with Crippen LogP contribution in [0.25, 0.3) is 0 Å². The molecule has 0 saturated carbocycles. The Morgan fingerprint density at radius 3 is 0.875 bits per heavy atom. The summed E-state index contributed by atoms with van der Waals surface area (Å²) in [5, 5.41) is 0. The maximum atomic E-state index is 9.81. The molecule has 0 nitrogen and oxygen atoms in total. The van der Waals surface area contributed by atoms with Crippen molar-refractivity contribution in [2.45, 2.75) is 0 Å². The summed E-state index contributed by atoms with van der Waals surface area (Å²) in [4.78, 5) is 0. The van der Waals surface area contributed by atoms with Gasteiger partial charge in [0.25, 0.3) is 0 Å². The topological polar surface area (TPSA) is 0 Å². The molecule has 0 radical (unpaired) electrons. The summed E-state index contributed by atoms with van der Waals surface area (Å²) in [6, 6.07) is 0. The molecule has 8 heteroatoms. The van der Waals surface area contributed by atoms with Crippen LogP contribution in [-0.2, 0) is 0 Å². The molecule has 0 aromatic rings. The Morgan fingerprint density at radius 1 is 0.875 bits per heavy atom. The summed E-state index contributed by atoms with van der Waals surface area (Å²) in [5.74, 6) is 0. The molecule has 0 aliphatic carbocycles. The molecule has 0 spiro atoms. The van der Waals surface area contributed by atoms with Crippen LogP contribution in [0.5, 0.6) is 0 Å². The van der Waals surface area contributed by atoms with Gasteiger partial charge in [0.2, 0.25) is 0 Å². The normalized spacial score (nSPS) is 3.38. The van der Waals surface area contributed by atoms with Gasteiger partial charge in [-0.15, -0.1) is 0 Å². The third kappa shape index (κ3) is 78.4. The van der Waals surface area contributed by atoms with Gasteiger partial charge < -0.3 is 10.6 Å². The zero-order chi connectivity index (χ0) is 3.58. The van der Waals surface area contributed by atoms with Crippen molar-refractivity contribution in [3.8, 4) is 0 Å². The van der Waals surface area contributed by atoms with Gasteiger partial charge in [-0.1, -0.05) is 0 Å². The summed E-state index contributed by atoms with van der Waals surface area (Å²) >= 11 is -4.64. The molecule has 0 aliphatic heterocycles. The monoisotopic (exact) mass is 190 g/mol. The van der Waals surface area contributed by atoms with Crippen LogP contribution in [0.4, 0.5) is 20.0 Å². The number of rotatable bonds is 0. The second-order valence-electron chi connectivity index (χ2n) is 0.247. The molecule has 46 valence electrons. The van der Waals surface area contributed by atoms with Crippen molar-refractivity contribution in [2.75, 3.05) is 0 Å². The zero-order valence-electron chi connectivity index (χ0n) is 2.53. The molecular formula is H5AlCaF5Na. The minimum absolute atomic E-state index is 0. The van der Waals surface area contributed by atoms with Crippen molar-refractivity contribution in [3.63, 3.8) is 0 Å². The molecule has 0 aliphatic rings. The molecule has 0 atom stereocenters. The molecule has 0 bridgehead atoms. The molecule has 0 heterocycles. The first-order valence-electron chi connectivity index (χ1n) is 0.655. The predicted octanol–water partition coefficient (Wildman–Crippen LogP) is -0.380. The standard InChI is InChI=1S/Al.Ca.5FH.Na.3H/h;;5*1H;;;;/q+3;;;;;;;;;;/p-3. The Hall–Kier alpha value is 2.44. The Bertz CT molecular complexity index is 17.1. The fourth-order valence-corrected chi connectivity index (χ4v) is 0. The fourth-order valence-electron chi connectivity index (χ4n) is 0. The molecule has 0 saturated heterocycles. The third-order valence-electron chi connectivity index (χ3n) is 0. The number of halogens is 5. The van der Waals surface area contributed by atoms with E-state index in [1.165, 1.54) is 0 Å². The van der Waals surface area contributed by atoms with Crippen molar-refractivity contribution in [1.82, 2.24) is 0 Å². The quantitative estimate of drug-likeness (QED) is 0.361. The first kappa shape index (κ1) is 31.4. The molecule has 0 aromatic carbocycles. The first-order chi connectivity index (χ1) is 1.73. The molecule has 0 amide bonds. The van der Waals surface area contributed by atoms with Crippen molar-refractivity contribution >= 4 is 82.8 Å². The fraction of sp³-hybridized carbons (Fsp3) is 0. The van der Waals surface area contributed by atoms with E-state index in [2.05, 4.69) is 0 Å². The van der Waals surface area contributed by atoms with Crippen LogP contribution < -0.4 is 0 Å². The van der Waals surface area contributed by atoms with Crippen molar-refractivity contribution in [1.29, 1.82) is 0 Å². The molecule has 0 N–H and O–H groups in total. The SMILES string of the molecule is F.F.[CaH2].[F][Al]([F])[F].[NaH]. The Morgan fingerprint density at radius 2 is 0.875 bits per heavy atom. The number of hydrogen-bond donors (Lipinski definition) is 0. The van der Waals surface area contributed by atoms with Crippen molar-refractivity contribution in [2.24, 2.45) is 0 Å². The summed E-state index contributed by atoms with van der Waals surface area (Å²) in [6.07, 6.45) is 0. The molecule has 0 unspecified atom stereocenters. The van der Waals surface area contributed by atoms with Gasteiger partial charge in [-0.2, -0.15) is 0 Å². The second kappa shape index (κ2) is 22.7. The van der Waals surface area contributed by atoms with E-state index in [1.54, 1.807) is 0 Å². The molecule has 8 heavy (non-hydrogen) atoms. The predicted molar refractivity (Wildman–Crippen MR) is 29.8 cm³/mol. The molecule has 0 aromatic heterocycles. The Labute approximate surface area is 101 Å². The maximum absolute atomic E-state index is 9.81. The van der Waals surface area contributed by atoms with Gasteiger partial charge in [0.05, 0.1) is 0 Å². The van der Waals surface area contributed by atoms with Crippen molar-refractivity contribution in [3.05, 3.63) is 0 Å². The average molecular weight is 190 g/mol. The second-order valence-corrected chi connectivity index (χ2v) is 0.742. The average Bonchev–Trinajstić information content (AvgIpc) is 0.811. The van der Waals surface area contributed by atoms with Gasteiger partial charge >= 0.3 is 82.8 Å². The van der Waals surface area contributed by atoms with E-state index in [9.17, 15) is 10.6 Å². The van der Waals surface area contributed by atoms with Gasteiger partial charge in [0.1, 0.15) is 0 Å². The Balaban J connectivity index is -0.00000000750. The van der Waals surface area contributed by atoms with Gasteiger partial charge in [-0.05, 0) is 0 Å². The van der Waals surface area contributed by atoms with Gasteiger partial charge in [-0.3, -0.25) is 9.41 Å². The first-order valence-corrected chi connectivity index (χ1v) is 1.96. The van der Waals surface area contributed by atoms with Gasteiger partial charge in [-0.25, -0.2) is 0 Å². The summed E-state index contributed by atoms with van der Waals surface area (Å²) in [5.41, 5.74) is 0. The van der Waals surface area contributed by atoms with E-state index >= 15 is 0 Å². The van der Waals surface area contributed by atoms with Crippen LogP contribution in [0.3, 0.4) is 0 Å². The minimum atomic E-state index is -4.64. The zero-order valence-corrected chi connectivity index (χ0v) is 3.68. The summed E-state index contributed by atoms with van der Waals surface area (Å²) in [6.45, 7) is 0. The van der Waals surface area contributed by atoms with Crippen molar-refractivity contribution < 1.29 is 20.0 Å². The summed E-state index contributed by atoms with van der Waals surface area (Å²) < 4.78 is 29.4. The van der Waals surface area contributed by atoms with Crippen LogP contribution in [0.1, 0.15) is 0 Å². The van der Waals surface area contributed by atoms with Crippen LogP contribution in [0, 0.1) is 0 Å². The van der Waals surface area contributed by atoms with E-state index in [1.807, 2.05) is 0 Å². The van der Waals surface area contributed by atoms with Crippen LogP contribution in [0.15, 0.2) is 0 Å². The number of hydrogen-bond acceptors (Lipinski definition) is 0. The summed E-state index contributed by atoms with van der Waals surface area (Å²) in [7, 11) is 0. The van der Waals surface area contributed by atoms with E-state index in [-0.39, 0.29) is 76.7 Å². The van der Waals surface area contributed by atoms with Gasteiger partial charge in [0, 0.05) is 0 Å². The van der Waals surface area contributed by atoms with E-state index in [0.717, 1.165) is 0 Å². The third-order valence-corrected chi connectivity index (χ3v) is 0. The van der Waals surface area contributed by atoms with Gasteiger partial charge in [0.15, 0.2) is 0 Å². The van der Waals surface area contributed by atoms with E-state index in [4.69, 9.17) is 0 Å². The van der Waals surface area contributed by atoms with Crippen LogP contribution in [0.2, 0.25) is 0 Å². The Kier molecular flexibility index (Phi) is 89.3.